The molecular formula is C14H26N5O6P. The van der Waals surface area contributed by atoms with Crippen molar-refractivity contribution >= 4 is 14.6 Å². The summed E-state index contributed by atoms with van der Waals surface area (Å²) in [5.41, 5.74) is 8.87. The Labute approximate surface area is 152 Å². The average molecular weight is 391 g/mol. The van der Waals surface area contributed by atoms with E-state index in [1.807, 2.05) is 0 Å². The molecular weight excluding hydrogens is 365 g/mol. The highest BCUT2D eigenvalue weighted by Gasteiger charge is 2.72. The van der Waals surface area contributed by atoms with Gasteiger partial charge in [0.05, 0.1) is 31.7 Å². The highest BCUT2D eigenvalue weighted by Crippen LogP contribution is 2.65. The molecule has 5 N–H and O–H groups in total. The number of fused-ring (bicyclic) bond motifs is 1. The van der Waals surface area contributed by atoms with Crippen LogP contribution in [0.5, 0.6) is 0 Å². The second-order valence-electron chi connectivity index (χ2n) is 6.97. The first-order valence-electron chi connectivity index (χ1n) is 8.58. The van der Waals surface area contributed by atoms with Gasteiger partial charge in [-0.3, -0.25) is 15.4 Å². The summed E-state index contributed by atoms with van der Waals surface area (Å²) in [7, 11) is -1.25. The molecule has 0 amide bonds. The molecule has 0 aromatic heterocycles. The van der Waals surface area contributed by atoms with Crippen molar-refractivity contribution in [3.63, 3.8) is 0 Å². The molecule has 2 saturated carbocycles. The third-order valence-electron chi connectivity index (χ3n) is 5.47. The van der Waals surface area contributed by atoms with Crippen LogP contribution < -0.4 is 10.7 Å². The number of nitrogens with one attached hydrogen (secondary N) is 4. The molecule has 2 aliphatic carbocycles. The van der Waals surface area contributed by atoms with Crippen LogP contribution in [0.2, 0.25) is 0 Å². The summed E-state index contributed by atoms with van der Waals surface area (Å²) in [5.74, 6) is 0.109. The van der Waals surface area contributed by atoms with Crippen molar-refractivity contribution in [1.29, 1.82) is 10.9 Å². The van der Waals surface area contributed by atoms with Crippen LogP contribution in [0.25, 0.3) is 0 Å². The van der Waals surface area contributed by atoms with Gasteiger partial charge in [0.25, 0.3) is 0 Å². The lowest BCUT2D eigenvalue weighted by molar-refractivity contribution is -0.0279. The van der Waals surface area contributed by atoms with Gasteiger partial charge < -0.3 is 28.9 Å². The highest BCUT2D eigenvalue weighted by molar-refractivity contribution is 7.33. The van der Waals surface area contributed by atoms with Gasteiger partial charge in [0.1, 0.15) is 18.4 Å². The summed E-state index contributed by atoms with van der Waals surface area (Å²) in [6.45, 7) is 0.500. The number of aliphatic hydroxyl groups excluding tert-OH is 1. The summed E-state index contributed by atoms with van der Waals surface area (Å²) in [6.07, 6.45) is 1.09. The van der Waals surface area contributed by atoms with Gasteiger partial charge in [-0.1, -0.05) is 5.22 Å². The Morgan fingerprint density at radius 3 is 3.00 bits per heavy atom. The standard InChI is InChI=1S/C14H26N5O6P/c1-22-6-14-4-9(14)11(17-7-15)12(20)13(14)25-26(21)23-5-8-2-3-10(24-8)18-19-16/h7-13,20,26H,2-6H2,1H3,(H2,15,17)(H2,16,18)/t8-,9+,10+,11+,12-,13-,14+/m0/s1. The van der Waals surface area contributed by atoms with Gasteiger partial charge in [-0.05, 0) is 25.2 Å². The number of rotatable bonds is 11. The number of ether oxygens (including phenoxy) is 2. The quantitative estimate of drug-likeness (QED) is 0.111. The minimum atomic E-state index is -2.83. The van der Waals surface area contributed by atoms with Crippen LogP contribution in [0.3, 0.4) is 0 Å². The molecule has 1 unspecified atom stereocenters. The van der Waals surface area contributed by atoms with Crippen LogP contribution in [0.4, 0.5) is 0 Å². The van der Waals surface area contributed by atoms with Crippen molar-refractivity contribution in [2.45, 2.75) is 49.8 Å². The molecule has 8 atom stereocenters. The largest absolute Gasteiger partial charge is 0.388 e. The van der Waals surface area contributed by atoms with Crippen LogP contribution in [-0.4, -0.2) is 62.4 Å². The molecule has 1 saturated heterocycles. The van der Waals surface area contributed by atoms with E-state index in [2.05, 4.69) is 16.0 Å². The first-order chi connectivity index (χ1) is 12.6. The molecule has 3 aliphatic rings. The van der Waals surface area contributed by atoms with Crippen LogP contribution >= 0.6 is 8.25 Å². The lowest BCUT2D eigenvalue weighted by atomic mass is 10.0. The molecule has 0 radical (unpaired) electrons. The van der Waals surface area contributed by atoms with Crippen LogP contribution in [0, 0.1) is 22.3 Å². The molecule has 12 heteroatoms. The van der Waals surface area contributed by atoms with Crippen molar-refractivity contribution in [3.05, 3.63) is 0 Å². The summed E-state index contributed by atoms with van der Waals surface area (Å²) in [5, 5.41) is 23.6. The minimum absolute atomic E-state index is 0.109. The van der Waals surface area contributed by atoms with Crippen molar-refractivity contribution < 1.29 is 28.2 Å². The second-order valence-corrected chi connectivity index (χ2v) is 7.99. The molecule has 3 fully saturated rings. The molecule has 0 spiro atoms. The van der Waals surface area contributed by atoms with E-state index in [1.54, 1.807) is 7.11 Å². The average Bonchev–Trinajstić information content (AvgIpc) is 3.06. The monoisotopic (exact) mass is 391 g/mol. The van der Waals surface area contributed by atoms with E-state index >= 15 is 0 Å². The molecule has 3 rings (SSSR count). The SMILES string of the molecule is COC[C@]12C[C@@H]1[C@@H](NC=N)[C@H](O)[C@@H]2O[PH](=O)OC[C@@H]1CC[C@H](NN=N)O1. The fourth-order valence-electron chi connectivity index (χ4n) is 4.24. The maximum absolute atomic E-state index is 12.3. The van der Waals surface area contributed by atoms with E-state index in [0.717, 1.165) is 12.8 Å². The van der Waals surface area contributed by atoms with E-state index in [0.29, 0.717) is 19.4 Å². The predicted octanol–water partition coefficient (Wildman–Crippen LogP) is 0.411. The third-order valence-corrected chi connectivity index (χ3v) is 6.32. The number of aliphatic hydroxyl groups is 1. The maximum atomic E-state index is 12.3. The molecule has 1 heterocycles. The van der Waals surface area contributed by atoms with E-state index in [4.69, 9.17) is 29.5 Å². The van der Waals surface area contributed by atoms with Crippen molar-refractivity contribution in [2.75, 3.05) is 20.3 Å². The van der Waals surface area contributed by atoms with Gasteiger partial charge in [0.15, 0.2) is 0 Å². The lowest BCUT2D eigenvalue weighted by Crippen LogP contribution is -2.44. The topological polar surface area (TPSA) is 158 Å². The van der Waals surface area contributed by atoms with Gasteiger partial charge in [0.2, 0.25) is 0 Å². The van der Waals surface area contributed by atoms with E-state index in [1.165, 1.54) is 0 Å². The molecule has 11 nitrogen and oxygen atoms in total. The predicted molar refractivity (Wildman–Crippen MR) is 90.1 cm³/mol. The zero-order valence-electron chi connectivity index (χ0n) is 14.5. The van der Waals surface area contributed by atoms with E-state index in [9.17, 15) is 9.67 Å². The van der Waals surface area contributed by atoms with E-state index < -0.39 is 25.9 Å². The van der Waals surface area contributed by atoms with Gasteiger partial charge in [-0.25, -0.2) is 0 Å². The van der Waals surface area contributed by atoms with Gasteiger partial charge in [-0.15, -0.1) is 0 Å². The zero-order valence-corrected chi connectivity index (χ0v) is 15.5. The highest BCUT2D eigenvalue weighted by atomic mass is 31.1. The zero-order chi connectivity index (χ0) is 18.7. The Balaban J connectivity index is 1.51. The number of nitrogens with zero attached hydrogens (tertiary/aromatic N) is 1. The van der Waals surface area contributed by atoms with Crippen molar-refractivity contribution in [3.8, 4) is 0 Å². The number of methoxy groups -OCH3 is 1. The molecule has 0 aromatic rings. The minimum Gasteiger partial charge on any atom is -0.388 e. The lowest BCUT2D eigenvalue weighted by Gasteiger charge is -2.27. The van der Waals surface area contributed by atoms with Crippen LogP contribution in [0.1, 0.15) is 19.3 Å². The molecule has 148 valence electrons. The Morgan fingerprint density at radius 2 is 2.31 bits per heavy atom. The normalized spacial score (nSPS) is 42.1. The maximum Gasteiger partial charge on any atom is 0.319 e. The van der Waals surface area contributed by atoms with Gasteiger partial charge >= 0.3 is 8.25 Å². The first-order valence-corrected chi connectivity index (χ1v) is 9.81. The summed E-state index contributed by atoms with van der Waals surface area (Å²) in [4.78, 5) is 0. The van der Waals surface area contributed by atoms with Crippen LogP contribution in [0.15, 0.2) is 5.22 Å². The van der Waals surface area contributed by atoms with Crippen molar-refractivity contribution in [2.24, 2.45) is 16.6 Å². The first kappa shape index (κ1) is 19.7. The molecule has 1 aliphatic heterocycles. The molecule has 0 bridgehead atoms. The third kappa shape index (κ3) is 3.78. The Kier molecular flexibility index (Phi) is 6.26. The fourth-order valence-corrected chi connectivity index (χ4v) is 5.21. The van der Waals surface area contributed by atoms with Gasteiger partial charge in [0, 0.05) is 12.5 Å². The molecule has 26 heavy (non-hydrogen) atoms. The van der Waals surface area contributed by atoms with Gasteiger partial charge in [-0.2, -0.15) is 5.53 Å². The number of hydrogen-bond donors (Lipinski definition) is 5. The van der Waals surface area contributed by atoms with Crippen LogP contribution in [-0.2, 0) is 23.1 Å². The summed E-state index contributed by atoms with van der Waals surface area (Å²) >= 11 is 0. The second kappa shape index (κ2) is 8.28. The Hall–Kier alpha value is -1.10. The van der Waals surface area contributed by atoms with Crippen molar-refractivity contribution in [1.82, 2.24) is 10.7 Å². The molecule has 0 aromatic carbocycles. The Morgan fingerprint density at radius 1 is 1.50 bits per heavy atom. The fraction of sp³-hybridized carbons (Fsp3) is 0.929. The Bertz CT molecular complexity index is 556. The van der Waals surface area contributed by atoms with E-state index in [-0.39, 0.29) is 30.9 Å². The summed E-state index contributed by atoms with van der Waals surface area (Å²) in [6, 6.07) is -0.318. The number of hydrogen-bond acceptors (Lipinski definition) is 9. The summed E-state index contributed by atoms with van der Waals surface area (Å²) < 4.78 is 34.0. The smallest absolute Gasteiger partial charge is 0.319 e.